The lowest BCUT2D eigenvalue weighted by Gasteiger charge is -2.39. The van der Waals surface area contributed by atoms with E-state index in [-0.39, 0.29) is 17.5 Å². The lowest BCUT2D eigenvalue weighted by Crippen LogP contribution is -2.51. The van der Waals surface area contributed by atoms with Crippen LogP contribution in [-0.4, -0.2) is 29.6 Å². The van der Waals surface area contributed by atoms with Crippen molar-refractivity contribution in [1.82, 2.24) is 0 Å². The predicted molar refractivity (Wildman–Crippen MR) is 160 cm³/mol. The molecule has 40 heavy (non-hydrogen) atoms. The van der Waals surface area contributed by atoms with Crippen molar-refractivity contribution >= 4 is 57.4 Å². The van der Waals surface area contributed by atoms with Crippen LogP contribution in [0.1, 0.15) is 43.6 Å². The molecule has 1 aromatic heterocycles. The molecule has 1 spiro atoms. The van der Waals surface area contributed by atoms with Crippen molar-refractivity contribution in [2.75, 3.05) is 10.2 Å². The minimum absolute atomic E-state index is 0.182. The number of amides is 1. The number of fused-ring (bicyclic) bond motifs is 6. The van der Waals surface area contributed by atoms with Gasteiger partial charge in [-0.1, -0.05) is 65.7 Å². The van der Waals surface area contributed by atoms with Crippen LogP contribution in [0.15, 0.2) is 90.3 Å². The number of nitrogens with one attached hydrogen (secondary N) is 1. The van der Waals surface area contributed by atoms with Crippen molar-refractivity contribution in [3.05, 3.63) is 122 Å². The number of allylic oxidation sites excluding steroid dienone is 1. The molecule has 198 valence electrons. The van der Waals surface area contributed by atoms with Gasteiger partial charge in [0.05, 0.1) is 21.9 Å². The fourth-order valence-corrected chi connectivity index (χ4v) is 7.87. The molecule has 4 heterocycles. The van der Waals surface area contributed by atoms with E-state index in [1.165, 1.54) is 11.3 Å². The molecule has 3 aliphatic rings. The highest BCUT2D eigenvalue weighted by Crippen LogP contribution is 2.59. The minimum atomic E-state index is -1.35. The highest BCUT2D eigenvalue weighted by molar-refractivity contribution is 7.12. The van der Waals surface area contributed by atoms with Crippen LogP contribution in [0.5, 0.6) is 0 Å². The van der Waals surface area contributed by atoms with Crippen LogP contribution in [-0.2, 0) is 10.2 Å². The van der Waals surface area contributed by atoms with E-state index in [0.717, 1.165) is 28.0 Å². The molecule has 0 bridgehead atoms. The molecule has 0 saturated carbocycles. The summed E-state index contributed by atoms with van der Waals surface area (Å²) in [5.41, 5.74) is 4.27. The fourth-order valence-electron chi connectivity index (χ4n) is 6.94. The number of nitrogens with zero attached hydrogens (tertiary/aromatic N) is 1. The highest BCUT2D eigenvalue weighted by atomic mass is 35.5. The number of carbonyl (C=O) groups is 3. The fraction of sp³-hybridized carbons (Fsp3) is 0.182. The average Bonchev–Trinajstić information content (AvgIpc) is 3.66. The largest absolute Gasteiger partial charge is 0.352 e. The van der Waals surface area contributed by atoms with Crippen molar-refractivity contribution in [2.24, 2.45) is 5.92 Å². The van der Waals surface area contributed by atoms with Crippen molar-refractivity contribution < 1.29 is 14.4 Å². The molecule has 1 saturated heterocycles. The number of hydrogen-bond acceptors (Lipinski definition) is 5. The molecule has 1 amide bonds. The lowest BCUT2D eigenvalue weighted by molar-refractivity contribution is -0.121. The Kier molecular flexibility index (Phi) is 5.63. The molecule has 4 atom stereocenters. The molecule has 3 aliphatic heterocycles. The van der Waals surface area contributed by atoms with Crippen molar-refractivity contribution in [3.63, 3.8) is 0 Å². The maximum atomic E-state index is 14.8. The van der Waals surface area contributed by atoms with Crippen LogP contribution in [0.25, 0.3) is 5.57 Å². The first kappa shape index (κ1) is 25.0. The maximum absolute atomic E-state index is 14.8. The van der Waals surface area contributed by atoms with Gasteiger partial charge in [-0.05, 0) is 66.8 Å². The summed E-state index contributed by atoms with van der Waals surface area (Å²) in [6, 6.07) is 22.6. The molecule has 1 N–H and O–H groups in total. The first-order valence-corrected chi connectivity index (χ1v) is 14.4. The number of ketones is 2. The molecule has 0 radical (unpaired) electrons. The van der Waals surface area contributed by atoms with E-state index in [1.54, 1.807) is 30.3 Å². The lowest BCUT2D eigenvalue weighted by atomic mass is 9.64. The summed E-state index contributed by atoms with van der Waals surface area (Å²) in [4.78, 5) is 46.3. The van der Waals surface area contributed by atoms with E-state index < -0.39 is 23.4 Å². The van der Waals surface area contributed by atoms with Gasteiger partial charge in [-0.3, -0.25) is 14.4 Å². The number of benzene rings is 3. The van der Waals surface area contributed by atoms with E-state index in [2.05, 4.69) is 17.5 Å². The average molecular weight is 565 g/mol. The van der Waals surface area contributed by atoms with Gasteiger partial charge in [0, 0.05) is 22.5 Å². The number of para-hydroxylation sites is 1. The standard InChI is InChI=1S/C33H25ClN2O3S/c1-18-13-14-25-21(16-18)19(2)17-27-33(22-9-4-6-11-24(22)35-32(33)39)28(30(37)20-8-3-5-10-23(20)34)29(36(25)27)31(38)26-12-7-15-40-26/h3-17,27-29H,1-2H3,(H,35,39)/t27-,28-,29-,33+/m0/s1. The van der Waals surface area contributed by atoms with Gasteiger partial charge < -0.3 is 10.2 Å². The minimum Gasteiger partial charge on any atom is -0.352 e. The zero-order valence-corrected chi connectivity index (χ0v) is 23.4. The molecule has 1 fully saturated rings. The topological polar surface area (TPSA) is 66.5 Å². The second kappa shape index (κ2) is 9.01. The van der Waals surface area contributed by atoms with Crippen LogP contribution < -0.4 is 10.2 Å². The molecule has 0 unspecified atom stereocenters. The van der Waals surface area contributed by atoms with Crippen LogP contribution in [0.4, 0.5) is 11.4 Å². The molecule has 0 aliphatic carbocycles. The Morgan fingerprint density at radius 1 is 0.950 bits per heavy atom. The molecule has 7 heteroatoms. The van der Waals surface area contributed by atoms with E-state index >= 15 is 0 Å². The third-order valence-electron chi connectivity index (χ3n) is 8.59. The molecule has 5 nitrogen and oxygen atoms in total. The zero-order valence-electron chi connectivity index (χ0n) is 21.9. The highest BCUT2D eigenvalue weighted by Gasteiger charge is 2.70. The van der Waals surface area contributed by atoms with Gasteiger partial charge in [0.15, 0.2) is 11.6 Å². The predicted octanol–water partition coefficient (Wildman–Crippen LogP) is 6.96. The van der Waals surface area contributed by atoms with Gasteiger partial charge in [-0.25, -0.2) is 0 Å². The van der Waals surface area contributed by atoms with Crippen LogP contribution >= 0.6 is 22.9 Å². The Labute approximate surface area is 241 Å². The van der Waals surface area contributed by atoms with E-state index in [1.807, 2.05) is 66.6 Å². The summed E-state index contributed by atoms with van der Waals surface area (Å²) < 4.78 is 0. The SMILES string of the molecule is CC1=C[C@@H]2N(c3ccc(C)cc31)[C@H](C(=O)c1cccs1)[C@@H](C(=O)c1ccccc1Cl)[C@]21C(=O)Nc2ccccc21. The summed E-state index contributed by atoms with van der Waals surface area (Å²) in [7, 11) is 0. The van der Waals surface area contributed by atoms with E-state index in [9.17, 15) is 14.4 Å². The third kappa shape index (κ3) is 3.30. The molecular weight excluding hydrogens is 540 g/mol. The van der Waals surface area contributed by atoms with Gasteiger partial charge >= 0.3 is 0 Å². The summed E-state index contributed by atoms with van der Waals surface area (Å²) in [5, 5.41) is 5.22. The number of aryl methyl sites for hydroxylation is 1. The van der Waals surface area contributed by atoms with Crippen LogP contribution in [0.3, 0.4) is 0 Å². The van der Waals surface area contributed by atoms with E-state index in [4.69, 9.17) is 11.6 Å². The quantitative estimate of drug-likeness (QED) is 0.272. The normalized spacial score (nSPS) is 24.3. The van der Waals surface area contributed by atoms with Gasteiger partial charge in [-0.2, -0.15) is 0 Å². The summed E-state index contributed by atoms with van der Waals surface area (Å²) in [5.74, 6) is -1.82. The Hall–Kier alpha value is -4.00. The van der Waals surface area contributed by atoms with Crippen molar-refractivity contribution in [2.45, 2.75) is 31.3 Å². The number of Topliss-reactive ketones (excluding diaryl/α,β-unsaturated/α-hetero) is 2. The summed E-state index contributed by atoms with van der Waals surface area (Å²) in [6.45, 7) is 4.06. The number of anilines is 2. The van der Waals surface area contributed by atoms with Crippen molar-refractivity contribution in [3.8, 4) is 0 Å². The molecule has 3 aromatic carbocycles. The maximum Gasteiger partial charge on any atom is 0.238 e. The number of carbonyl (C=O) groups excluding carboxylic acids is 3. The number of rotatable bonds is 4. The second-order valence-electron chi connectivity index (χ2n) is 10.7. The zero-order chi connectivity index (χ0) is 27.8. The number of halogens is 1. The smallest absolute Gasteiger partial charge is 0.238 e. The molecule has 4 aromatic rings. The summed E-state index contributed by atoms with van der Waals surface area (Å²) in [6.07, 6.45) is 2.07. The Morgan fingerprint density at radius 3 is 2.50 bits per heavy atom. The second-order valence-corrected chi connectivity index (χ2v) is 12.1. The summed E-state index contributed by atoms with van der Waals surface area (Å²) >= 11 is 7.94. The van der Waals surface area contributed by atoms with E-state index in [0.29, 0.717) is 21.2 Å². The Morgan fingerprint density at radius 2 is 1.73 bits per heavy atom. The Bertz CT molecular complexity index is 1760. The van der Waals surface area contributed by atoms with Gasteiger partial charge in [0.25, 0.3) is 0 Å². The van der Waals surface area contributed by atoms with Gasteiger partial charge in [0.2, 0.25) is 5.91 Å². The van der Waals surface area contributed by atoms with Gasteiger partial charge in [0.1, 0.15) is 11.5 Å². The van der Waals surface area contributed by atoms with Crippen LogP contribution in [0, 0.1) is 12.8 Å². The number of thiophene rings is 1. The first-order valence-electron chi connectivity index (χ1n) is 13.2. The molecule has 7 rings (SSSR count). The Balaban J connectivity index is 1.58. The monoisotopic (exact) mass is 564 g/mol. The van der Waals surface area contributed by atoms with Gasteiger partial charge in [-0.15, -0.1) is 11.3 Å². The number of hydrogen-bond donors (Lipinski definition) is 1. The van der Waals surface area contributed by atoms with Crippen LogP contribution in [0.2, 0.25) is 5.02 Å². The van der Waals surface area contributed by atoms with Crippen molar-refractivity contribution in [1.29, 1.82) is 0 Å². The molecular formula is C33H25ClN2O3S. The third-order valence-corrected chi connectivity index (χ3v) is 9.80. The first-order chi connectivity index (χ1) is 19.3.